The molecule has 1 saturated heterocycles. The number of aromatic nitrogens is 2. The summed E-state index contributed by atoms with van der Waals surface area (Å²) in [6.45, 7) is 2.41. The van der Waals surface area contributed by atoms with Gasteiger partial charge in [-0.2, -0.15) is 18.3 Å². The maximum atomic E-state index is 14.0. The fourth-order valence-electron chi connectivity index (χ4n) is 3.33. The lowest BCUT2D eigenvalue weighted by Gasteiger charge is -2.22. The number of nitrogens with two attached hydrogens (primary N) is 1. The van der Waals surface area contributed by atoms with Crippen LogP contribution in [0.3, 0.4) is 0 Å². The average Bonchev–Trinajstić information content (AvgIpc) is 3.18. The Labute approximate surface area is 147 Å². The van der Waals surface area contributed by atoms with Crippen molar-refractivity contribution in [2.24, 2.45) is 11.7 Å². The van der Waals surface area contributed by atoms with Gasteiger partial charge in [0.2, 0.25) is 0 Å². The summed E-state index contributed by atoms with van der Waals surface area (Å²) in [5.41, 5.74) is 3.38. The number of rotatable bonds is 3. The zero-order chi connectivity index (χ0) is 19.1. The van der Waals surface area contributed by atoms with Crippen LogP contribution in [0.4, 0.5) is 17.6 Å². The number of nitrogens with zero attached hydrogens (tertiary/aromatic N) is 3. The SMILES string of the molecule is CC1CC(CN)CN1C(=O)c1cnn(-c2ccccc2F)c1C(F)(F)F. The molecule has 0 radical (unpaired) electrons. The van der Waals surface area contributed by atoms with Crippen LogP contribution in [0.1, 0.15) is 29.4 Å². The molecule has 2 N–H and O–H groups in total. The van der Waals surface area contributed by atoms with Gasteiger partial charge < -0.3 is 10.6 Å². The minimum atomic E-state index is -4.87. The molecule has 1 aromatic heterocycles. The van der Waals surface area contributed by atoms with Gasteiger partial charge in [-0.05, 0) is 37.9 Å². The molecule has 0 spiro atoms. The van der Waals surface area contributed by atoms with Crippen molar-refractivity contribution in [1.29, 1.82) is 0 Å². The predicted molar refractivity (Wildman–Crippen MR) is 86.2 cm³/mol. The van der Waals surface area contributed by atoms with E-state index in [0.29, 0.717) is 24.2 Å². The first kappa shape index (κ1) is 18.4. The highest BCUT2D eigenvalue weighted by molar-refractivity contribution is 5.96. The monoisotopic (exact) mass is 370 g/mol. The van der Waals surface area contributed by atoms with Gasteiger partial charge in [-0.1, -0.05) is 12.1 Å². The second-order valence-electron chi connectivity index (χ2n) is 6.41. The fourth-order valence-corrected chi connectivity index (χ4v) is 3.33. The third-order valence-corrected chi connectivity index (χ3v) is 4.60. The van der Waals surface area contributed by atoms with E-state index in [0.717, 1.165) is 12.3 Å². The molecule has 2 atom stereocenters. The van der Waals surface area contributed by atoms with E-state index in [1.54, 1.807) is 6.92 Å². The van der Waals surface area contributed by atoms with Gasteiger partial charge in [-0.25, -0.2) is 9.07 Å². The molecule has 5 nitrogen and oxygen atoms in total. The molecule has 140 valence electrons. The third kappa shape index (κ3) is 3.18. The van der Waals surface area contributed by atoms with Crippen molar-refractivity contribution in [3.63, 3.8) is 0 Å². The van der Waals surface area contributed by atoms with Crippen LogP contribution in [0.25, 0.3) is 5.69 Å². The first-order valence-electron chi connectivity index (χ1n) is 8.15. The Morgan fingerprint density at radius 3 is 2.62 bits per heavy atom. The molecule has 1 aliphatic heterocycles. The fraction of sp³-hybridized carbons (Fsp3) is 0.412. The smallest absolute Gasteiger partial charge is 0.335 e. The highest BCUT2D eigenvalue weighted by Crippen LogP contribution is 2.35. The molecule has 1 aliphatic rings. The van der Waals surface area contributed by atoms with E-state index < -0.39 is 29.2 Å². The summed E-state index contributed by atoms with van der Waals surface area (Å²) in [6, 6.07) is 4.74. The molecule has 26 heavy (non-hydrogen) atoms. The Balaban J connectivity index is 2.06. The summed E-state index contributed by atoms with van der Waals surface area (Å²) in [7, 11) is 0. The van der Waals surface area contributed by atoms with Crippen LogP contribution >= 0.6 is 0 Å². The van der Waals surface area contributed by atoms with E-state index >= 15 is 0 Å². The minimum Gasteiger partial charge on any atom is -0.335 e. The lowest BCUT2D eigenvalue weighted by molar-refractivity contribution is -0.143. The predicted octanol–water partition coefficient (Wildman–Crippen LogP) is 2.84. The van der Waals surface area contributed by atoms with Gasteiger partial charge in [0.15, 0.2) is 5.69 Å². The van der Waals surface area contributed by atoms with Gasteiger partial charge in [-0.15, -0.1) is 0 Å². The number of benzene rings is 1. The molecule has 1 aromatic carbocycles. The van der Waals surface area contributed by atoms with Crippen LogP contribution in [0.5, 0.6) is 0 Å². The molecule has 0 aliphatic carbocycles. The Morgan fingerprint density at radius 1 is 1.35 bits per heavy atom. The van der Waals surface area contributed by atoms with Crippen LogP contribution in [0.15, 0.2) is 30.5 Å². The number of hydrogen-bond acceptors (Lipinski definition) is 3. The Bertz CT molecular complexity index is 817. The summed E-state index contributed by atoms with van der Waals surface area (Å²) in [5, 5.41) is 3.65. The first-order chi connectivity index (χ1) is 12.2. The van der Waals surface area contributed by atoms with Crippen molar-refractivity contribution in [3.8, 4) is 5.69 Å². The third-order valence-electron chi connectivity index (χ3n) is 4.60. The molecule has 0 saturated carbocycles. The van der Waals surface area contributed by atoms with Crippen molar-refractivity contribution in [3.05, 3.63) is 47.5 Å². The van der Waals surface area contributed by atoms with Crippen LogP contribution in [-0.4, -0.2) is 39.7 Å². The minimum absolute atomic E-state index is 0.0462. The molecule has 1 amide bonds. The van der Waals surface area contributed by atoms with Crippen molar-refractivity contribution < 1.29 is 22.4 Å². The van der Waals surface area contributed by atoms with E-state index in [9.17, 15) is 22.4 Å². The summed E-state index contributed by atoms with van der Waals surface area (Å²) in [6.07, 6.45) is -3.40. The van der Waals surface area contributed by atoms with Gasteiger partial charge >= 0.3 is 6.18 Å². The van der Waals surface area contributed by atoms with Gasteiger partial charge in [0, 0.05) is 12.6 Å². The van der Waals surface area contributed by atoms with E-state index in [1.807, 2.05) is 0 Å². The first-order valence-corrected chi connectivity index (χ1v) is 8.15. The van der Waals surface area contributed by atoms with Crippen molar-refractivity contribution >= 4 is 5.91 Å². The molecular formula is C17H18F4N4O. The quantitative estimate of drug-likeness (QED) is 0.845. The Morgan fingerprint density at radius 2 is 2.04 bits per heavy atom. The summed E-state index contributed by atoms with van der Waals surface area (Å²) in [4.78, 5) is 14.1. The van der Waals surface area contributed by atoms with Gasteiger partial charge in [0.05, 0.1) is 11.8 Å². The number of likely N-dealkylation sites (tertiary alicyclic amines) is 1. The molecule has 2 aromatic rings. The van der Waals surface area contributed by atoms with Crippen molar-refractivity contribution in [1.82, 2.24) is 14.7 Å². The van der Waals surface area contributed by atoms with Crippen molar-refractivity contribution in [2.75, 3.05) is 13.1 Å². The van der Waals surface area contributed by atoms with E-state index in [2.05, 4.69) is 5.10 Å². The average molecular weight is 370 g/mol. The highest BCUT2D eigenvalue weighted by Gasteiger charge is 2.43. The molecule has 2 unspecified atom stereocenters. The second kappa shape index (κ2) is 6.71. The molecule has 0 bridgehead atoms. The lowest BCUT2D eigenvalue weighted by atomic mass is 10.1. The summed E-state index contributed by atoms with van der Waals surface area (Å²) in [5.74, 6) is -1.59. The number of carbonyl (C=O) groups is 1. The van der Waals surface area contributed by atoms with E-state index in [4.69, 9.17) is 5.73 Å². The topological polar surface area (TPSA) is 64.2 Å². The Kier molecular flexibility index (Phi) is 4.74. The van der Waals surface area contributed by atoms with Gasteiger partial charge in [0.1, 0.15) is 11.5 Å². The molecular weight excluding hydrogens is 352 g/mol. The lowest BCUT2D eigenvalue weighted by Crippen LogP contribution is -2.35. The van der Waals surface area contributed by atoms with Crippen LogP contribution in [0.2, 0.25) is 0 Å². The Hall–Kier alpha value is -2.42. The zero-order valence-electron chi connectivity index (χ0n) is 14.0. The van der Waals surface area contributed by atoms with Crippen LogP contribution in [-0.2, 0) is 6.18 Å². The van der Waals surface area contributed by atoms with Crippen LogP contribution < -0.4 is 5.73 Å². The van der Waals surface area contributed by atoms with Gasteiger partial charge in [0.25, 0.3) is 5.91 Å². The normalized spacial score (nSPS) is 20.6. The second-order valence-corrected chi connectivity index (χ2v) is 6.41. The van der Waals surface area contributed by atoms with Gasteiger partial charge in [-0.3, -0.25) is 4.79 Å². The standard InChI is InChI=1S/C17H18F4N4O/c1-10-6-11(7-22)9-24(10)16(26)12-8-23-25(15(12)17(19,20)21)14-5-3-2-4-13(14)18/h2-5,8,10-11H,6-7,9,22H2,1H3. The number of para-hydroxylation sites is 1. The number of amides is 1. The molecule has 1 fully saturated rings. The number of halogens is 4. The molecule has 2 heterocycles. The largest absolute Gasteiger partial charge is 0.434 e. The molecule has 3 rings (SSSR count). The number of hydrogen-bond donors (Lipinski definition) is 1. The summed E-state index contributed by atoms with van der Waals surface area (Å²) < 4.78 is 55.4. The molecule has 9 heteroatoms. The van der Waals surface area contributed by atoms with E-state index in [-0.39, 0.29) is 17.6 Å². The maximum absolute atomic E-state index is 14.0. The van der Waals surface area contributed by atoms with E-state index in [1.165, 1.54) is 23.1 Å². The maximum Gasteiger partial charge on any atom is 0.434 e. The van der Waals surface area contributed by atoms with Crippen molar-refractivity contribution in [2.45, 2.75) is 25.6 Å². The number of carbonyl (C=O) groups excluding carboxylic acids is 1. The zero-order valence-corrected chi connectivity index (χ0v) is 14.0. The van der Waals surface area contributed by atoms with Crippen LogP contribution in [0, 0.1) is 11.7 Å². The highest BCUT2D eigenvalue weighted by atomic mass is 19.4. The summed E-state index contributed by atoms with van der Waals surface area (Å²) >= 11 is 0. The number of alkyl halides is 3.